The Morgan fingerprint density at radius 2 is 1.07 bits per heavy atom. The van der Waals surface area contributed by atoms with E-state index in [1.54, 1.807) is 0 Å². The third kappa shape index (κ3) is 4.34. The SMILES string of the molecule is C1=C(c2ccc3c(c2)sc2ccccc23)NC(c2cccc(-c3ccccc3)c2)=NC1c1ccc2c(c1)sc1ccccc12. The smallest absolute Gasteiger partial charge is 0.133 e. The van der Waals surface area contributed by atoms with Crippen LogP contribution in [0.4, 0.5) is 0 Å². The van der Waals surface area contributed by atoms with E-state index in [2.05, 4.69) is 151 Å². The Kier molecular flexibility index (Phi) is 5.96. The lowest BCUT2D eigenvalue weighted by atomic mass is 9.98. The maximum atomic E-state index is 5.33. The van der Waals surface area contributed by atoms with Gasteiger partial charge < -0.3 is 5.32 Å². The fourth-order valence-corrected chi connectivity index (χ4v) is 8.62. The molecule has 8 aromatic rings. The molecule has 1 atom stereocenters. The summed E-state index contributed by atoms with van der Waals surface area (Å²) < 4.78 is 5.23. The molecule has 1 unspecified atom stereocenters. The molecule has 6 aromatic carbocycles. The summed E-state index contributed by atoms with van der Waals surface area (Å²) in [4.78, 5) is 5.33. The number of fused-ring (bicyclic) bond motifs is 6. The summed E-state index contributed by atoms with van der Waals surface area (Å²) in [6.45, 7) is 0. The molecule has 1 aliphatic rings. The predicted molar refractivity (Wildman–Crippen MR) is 191 cm³/mol. The minimum absolute atomic E-state index is 0.116. The number of rotatable bonds is 4. The second kappa shape index (κ2) is 10.3. The first-order valence-corrected chi connectivity index (χ1v) is 16.5. The van der Waals surface area contributed by atoms with Crippen LogP contribution in [0.3, 0.4) is 0 Å². The number of hydrogen-bond donors (Lipinski definition) is 1. The van der Waals surface area contributed by atoms with Crippen LogP contribution in [0, 0.1) is 0 Å². The molecule has 44 heavy (non-hydrogen) atoms. The third-order valence-electron chi connectivity index (χ3n) is 8.52. The number of thiophene rings is 2. The summed E-state index contributed by atoms with van der Waals surface area (Å²) >= 11 is 3.71. The molecule has 0 saturated carbocycles. The summed E-state index contributed by atoms with van der Waals surface area (Å²) in [5, 5.41) is 8.99. The molecule has 0 spiro atoms. The lowest BCUT2D eigenvalue weighted by Gasteiger charge is -2.24. The van der Waals surface area contributed by atoms with Crippen molar-refractivity contribution in [1.82, 2.24) is 5.32 Å². The highest BCUT2D eigenvalue weighted by Crippen LogP contribution is 2.39. The van der Waals surface area contributed by atoms with Crippen molar-refractivity contribution >= 4 is 74.6 Å². The average molecular weight is 599 g/mol. The Hall–Kier alpha value is -5.03. The molecule has 1 aliphatic heterocycles. The van der Waals surface area contributed by atoms with Crippen LogP contribution in [-0.4, -0.2) is 5.84 Å². The first-order chi connectivity index (χ1) is 21.8. The second-order valence-electron chi connectivity index (χ2n) is 11.2. The zero-order valence-electron chi connectivity index (χ0n) is 23.7. The number of aliphatic imine (C=N–C) groups is 1. The van der Waals surface area contributed by atoms with Gasteiger partial charge in [-0.3, -0.25) is 4.99 Å². The van der Waals surface area contributed by atoms with Crippen LogP contribution in [0.1, 0.15) is 22.7 Å². The minimum Gasteiger partial charge on any atom is -0.340 e. The van der Waals surface area contributed by atoms with Crippen molar-refractivity contribution in [3.05, 3.63) is 162 Å². The Bertz CT molecular complexity index is 2430. The molecule has 0 aliphatic carbocycles. The van der Waals surface area contributed by atoms with Gasteiger partial charge in [0.2, 0.25) is 0 Å². The van der Waals surface area contributed by atoms with E-state index in [1.165, 1.54) is 62.6 Å². The Labute approximate surface area is 263 Å². The van der Waals surface area contributed by atoms with E-state index in [0.29, 0.717) is 0 Å². The molecule has 2 aromatic heterocycles. The molecule has 208 valence electrons. The summed E-state index contributed by atoms with van der Waals surface area (Å²) in [6, 6.07) is 50.2. The standard InChI is InChI=1S/C40H26N2S2/c1-2-9-25(10-3-1)26-11-8-12-29(21-26)40-41-34(27-17-19-32-30-13-4-6-15-36(30)43-38(32)22-27)24-35(42-40)28-18-20-33-31-14-5-7-16-37(31)44-39(33)23-28/h1-24,34H,(H,41,42). The number of nitrogens with zero attached hydrogens (tertiary/aromatic N) is 1. The van der Waals surface area contributed by atoms with E-state index in [1.807, 2.05) is 22.7 Å². The molecule has 0 bridgehead atoms. The maximum Gasteiger partial charge on any atom is 0.133 e. The number of nitrogens with one attached hydrogen (secondary N) is 1. The second-order valence-corrected chi connectivity index (χ2v) is 13.4. The zero-order chi connectivity index (χ0) is 29.0. The van der Waals surface area contributed by atoms with Gasteiger partial charge in [0.05, 0.1) is 6.04 Å². The molecule has 2 nitrogen and oxygen atoms in total. The molecule has 3 heterocycles. The monoisotopic (exact) mass is 598 g/mol. The predicted octanol–water partition coefficient (Wildman–Crippen LogP) is 11.2. The highest BCUT2D eigenvalue weighted by molar-refractivity contribution is 7.26. The largest absolute Gasteiger partial charge is 0.340 e. The lowest BCUT2D eigenvalue weighted by Crippen LogP contribution is -2.27. The molecular weight excluding hydrogens is 573 g/mol. The van der Waals surface area contributed by atoms with Crippen molar-refractivity contribution in [3.8, 4) is 11.1 Å². The first kappa shape index (κ1) is 25.5. The molecule has 4 heteroatoms. The molecule has 0 fully saturated rings. The van der Waals surface area contributed by atoms with Gasteiger partial charge in [-0.2, -0.15) is 0 Å². The van der Waals surface area contributed by atoms with Crippen molar-refractivity contribution in [1.29, 1.82) is 0 Å². The van der Waals surface area contributed by atoms with E-state index in [9.17, 15) is 0 Å². The summed E-state index contributed by atoms with van der Waals surface area (Å²) in [7, 11) is 0. The highest BCUT2D eigenvalue weighted by atomic mass is 32.1. The fourth-order valence-electron chi connectivity index (χ4n) is 6.32. The van der Waals surface area contributed by atoms with Crippen molar-refractivity contribution in [2.24, 2.45) is 4.99 Å². The summed E-state index contributed by atoms with van der Waals surface area (Å²) in [5.74, 6) is 0.887. The zero-order valence-corrected chi connectivity index (χ0v) is 25.3. The van der Waals surface area contributed by atoms with Crippen molar-refractivity contribution in [2.75, 3.05) is 0 Å². The van der Waals surface area contributed by atoms with E-state index in [-0.39, 0.29) is 6.04 Å². The van der Waals surface area contributed by atoms with Gasteiger partial charge in [-0.05, 0) is 58.7 Å². The van der Waals surface area contributed by atoms with Gasteiger partial charge in [0.1, 0.15) is 5.84 Å². The van der Waals surface area contributed by atoms with Crippen LogP contribution < -0.4 is 5.32 Å². The molecule has 9 rings (SSSR count). The van der Waals surface area contributed by atoms with Gasteiger partial charge in [0, 0.05) is 51.6 Å². The third-order valence-corrected chi connectivity index (χ3v) is 10.8. The van der Waals surface area contributed by atoms with Gasteiger partial charge in [0.15, 0.2) is 0 Å². The van der Waals surface area contributed by atoms with Crippen LogP contribution in [0.2, 0.25) is 0 Å². The molecule has 0 amide bonds. The van der Waals surface area contributed by atoms with Crippen LogP contribution in [-0.2, 0) is 0 Å². The van der Waals surface area contributed by atoms with Crippen molar-refractivity contribution in [3.63, 3.8) is 0 Å². The van der Waals surface area contributed by atoms with E-state index < -0.39 is 0 Å². The average Bonchev–Trinajstić information content (AvgIpc) is 3.66. The van der Waals surface area contributed by atoms with Crippen molar-refractivity contribution in [2.45, 2.75) is 6.04 Å². The van der Waals surface area contributed by atoms with Crippen LogP contribution in [0.15, 0.2) is 151 Å². The summed E-state index contributed by atoms with van der Waals surface area (Å²) in [5.41, 5.74) is 6.90. The van der Waals surface area contributed by atoms with Crippen LogP contribution in [0.25, 0.3) is 57.2 Å². The van der Waals surface area contributed by atoms with Gasteiger partial charge in [-0.25, -0.2) is 0 Å². The van der Waals surface area contributed by atoms with E-state index in [4.69, 9.17) is 4.99 Å². The quantitative estimate of drug-likeness (QED) is 0.214. The fraction of sp³-hybridized carbons (Fsp3) is 0.0250. The van der Waals surface area contributed by atoms with E-state index in [0.717, 1.165) is 17.1 Å². The Morgan fingerprint density at radius 1 is 0.455 bits per heavy atom. The van der Waals surface area contributed by atoms with Gasteiger partial charge in [-0.15, -0.1) is 22.7 Å². The van der Waals surface area contributed by atoms with Crippen LogP contribution >= 0.6 is 22.7 Å². The van der Waals surface area contributed by atoms with Crippen LogP contribution in [0.5, 0.6) is 0 Å². The molecular formula is C40H26N2S2. The summed E-state index contributed by atoms with van der Waals surface area (Å²) in [6.07, 6.45) is 2.29. The van der Waals surface area contributed by atoms with Gasteiger partial charge in [-0.1, -0.05) is 109 Å². The molecule has 0 saturated heterocycles. The van der Waals surface area contributed by atoms with Gasteiger partial charge >= 0.3 is 0 Å². The van der Waals surface area contributed by atoms with Gasteiger partial charge in [0.25, 0.3) is 0 Å². The Morgan fingerprint density at radius 3 is 1.84 bits per heavy atom. The molecule has 1 N–H and O–H groups in total. The topological polar surface area (TPSA) is 24.4 Å². The minimum atomic E-state index is -0.116. The Balaban J connectivity index is 1.18. The van der Waals surface area contributed by atoms with E-state index >= 15 is 0 Å². The number of hydrogen-bond acceptors (Lipinski definition) is 4. The van der Waals surface area contributed by atoms with Crippen molar-refractivity contribution < 1.29 is 0 Å². The normalized spacial score (nSPS) is 15.0. The lowest BCUT2D eigenvalue weighted by molar-refractivity contribution is 0.882. The number of amidine groups is 1. The highest BCUT2D eigenvalue weighted by Gasteiger charge is 2.21. The maximum absolute atomic E-state index is 5.33. The molecule has 0 radical (unpaired) electrons. The number of benzene rings is 6. The first-order valence-electron chi connectivity index (χ1n) is 14.8.